The van der Waals surface area contributed by atoms with Crippen molar-refractivity contribution >= 4 is 11.5 Å². The molecular formula is C10H16N4O. The Kier molecular flexibility index (Phi) is 4.53. The Morgan fingerprint density at radius 2 is 2.20 bits per heavy atom. The molecule has 0 aliphatic rings. The predicted molar refractivity (Wildman–Crippen MR) is 60.2 cm³/mol. The first-order valence-corrected chi connectivity index (χ1v) is 4.96. The van der Waals surface area contributed by atoms with Crippen molar-refractivity contribution in [1.82, 2.24) is 10.2 Å². The highest BCUT2D eigenvalue weighted by atomic mass is 16.5. The van der Waals surface area contributed by atoms with Gasteiger partial charge in [-0.3, -0.25) is 5.43 Å². The zero-order valence-electron chi connectivity index (χ0n) is 9.32. The Balaban J connectivity index is 2.52. The van der Waals surface area contributed by atoms with Crippen molar-refractivity contribution in [3.8, 4) is 5.88 Å². The van der Waals surface area contributed by atoms with Gasteiger partial charge in [0.25, 0.3) is 0 Å². The second-order valence-electron chi connectivity index (χ2n) is 3.28. The molecule has 5 heteroatoms. The number of aromatic nitrogens is 2. The van der Waals surface area contributed by atoms with Gasteiger partial charge in [0, 0.05) is 11.8 Å². The Morgan fingerprint density at radius 1 is 1.40 bits per heavy atom. The molecule has 1 heterocycles. The van der Waals surface area contributed by atoms with Gasteiger partial charge in [-0.05, 0) is 26.3 Å². The molecule has 1 N–H and O–H groups in total. The summed E-state index contributed by atoms with van der Waals surface area (Å²) >= 11 is 0. The molecule has 0 radical (unpaired) electrons. The summed E-state index contributed by atoms with van der Waals surface area (Å²) in [6, 6.07) is 3.55. The summed E-state index contributed by atoms with van der Waals surface area (Å²) in [6.07, 6.45) is 0.959. The number of ether oxygens (including phenoxy) is 1. The maximum absolute atomic E-state index is 5.30. The number of rotatable bonds is 5. The van der Waals surface area contributed by atoms with Crippen molar-refractivity contribution in [2.45, 2.75) is 27.2 Å². The van der Waals surface area contributed by atoms with Crippen LogP contribution in [-0.4, -0.2) is 22.5 Å². The summed E-state index contributed by atoms with van der Waals surface area (Å²) in [5.74, 6) is 1.15. The Hall–Kier alpha value is -1.65. The van der Waals surface area contributed by atoms with E-state index in [9.17, 15) is 0 Å². The fourth-order valence-electron chi connectivity index (χ4n) is 0.832. The number of nitrogens with one attached hydrogen (secondary N) is 1. The number of hydrogen-bond donors (Lipinski definition) is 1. The summed E-state index contributed by atoms with van der Waals surface area (Å²) in [6.45, 7) is 6.51. The van der Waals surface area contributed by atoms with Crippen LogP contribution in [0, 0.1) is 0 Å². The lowest BCUT2D eigenvalue weighted by molar-refractivity contribution is 0.302. The third-order valence-electron chi connectivity index (χ3n) is 1.49. The van der Waals surface area contributed by atoms with Gasteiger partial charge in [-0.15, -0.1) is 10.2 Å². The molecule has 15 heavy (non-hydrogen) atoms. The zero-order chi connectivity index (χ0) is 11.1. The van der Waals surface area contributed by atoms with Crippen molar-refractivity contribution in [1.29, 1.82) is 0 Å². The standard InChI is InChI=1S/C10H16N4O/c1-4-7-15-10-6-5-9(13-14-10)12-11-8(2)3/h5-6H,4,7H2,1-3H3,(H,12,13). The van der Waals surface area contributed by atoms with Crippen LogP contribution in [0.15, 0.2) is 17.2 Å². The summed E-state index contributed by atoms with van der Waals surface area (Å²) in [4.78, 5) is 0. The van der Waals surface area contributed by atoms with E-state index in [2.05, 4.69) is 20.7 Å². The van der Waals surface area contributed by atoms with Gasteiger partial charge in [0.15, 0.2) is 5.82 Å². The highest BCUT2D eigenvalue weighted by Gasteiger charge is 1.96. The largest absolute Gasteiger partial charge is 0.477 e. The molecule has 0 aliphatic carbocycles. The molecule has 0 spiro atoms. The first-order valence-electron chi connectivity index (χ1n) is 4.96. The molecular weight excluding hydrogens is 192 g/mol. The van der Waals surface area contributed by atoms with Crippen molar-refractivity contribution in [2.24, 2.45) is 5.10 Å². The van der Waals surface area contributed by atoms with E-state index in [4.69, 9.17) is 4.74 Å². The molecule has 82 valence electrons. The van der Waals surface area contributed by atoms with E-state index in [1.807, 2.05) is 20.8 Å². The maximum atomic E-state index is 5.30. The van der Waals surface area contributed by atoms with Crippen molar-refractivity contribution < 1.29 is 4.74 Å². The third-order valence-corrected chi connectivity index (χ3v) is 1.49. The van der Waals surface area contributed by atoms with Gasteiger partial charge in [-0.25, -0.2) is 0 Å². The quantitative estimate of drug-likeness (QED) is 0.594. The monoisotopic (exact) mass is 208 g/mol. The van der Waals surface area contributed by atoms with E-state index in [1.165, 1.54) is 0 Å². The summed E-state index contributed by atoms with van der Waals surface area (Å²) in [5, 5.41) is 11.8. The molecule has 5 nitrogen and oxygen atoms in total. The second-order valence-corrected chi connectivity index (χ2v) is 3.28. The molecule has 1 aromatic heterocycles. The molecule has 0 amide bonds. The first-order chi connectivity index (χ1) is 7.22. The van der Waals surface area contributed by atoms with E-state index in [0.717, 1.165) is 12.1 Å². The van der Waals surface area contributed by atoms with Gasteiger partial charge in [0.1, 0.15) is 0 Å². The lowest BCUT2D eigenvalue weighted by Crippen LogP contribution is -2.01. The first kappa shape index (κ1) is 11.4. The fourth-order valence-corrected chi connectivity index (χ4v) is 0.832. The number of hydrazone groups is 1. The summed E-state index contributed by atoms with van der Waals surface area (Å²) in [5.41, 5.74) is 3.72. The minimum Gasteiger partial charge on any atom is -0.477 e. The van der Waals surface area contributed by atoms with Gasteiger partial charge < -0.3 is 4.74 Å². The highest BCUT2D eigenvalue weighted by molar-refractivity contribution is 5.79. The molecule has 1 rings (SSSR count). The average Bonchev–Trinajstić information content (AvgIpc) is 2.25. The minimum absolute atomic E-state index is 0.541. The maximum Gasteiger partial charge on any atom is 0.233 e. The van der Waals surface area contributed by atoms with Crippen LogP contribution >= 0.6 is 0 Å². The van der Waals surface area contributed by atoms with Crippen LogP contribution in [0.4, 0.5) is 5.82 Å². The Morgan fingerprint density at radius 3 is 2.73 bits per heavy atom. The molecule has 0 aromatic carbocycles. The predicted octanol–water partition coefficient (Wildman–Crippen LogP) is 2.07. The smallest absolute Gasteiger partial charge is 0.233 e. The third kappa shape index (κ3) is 4.39. The Labute approximate surface area is 89.6 Å². The van der Waals surface area contributed by atoms with Crippen LogP contribution in [0.25, 0.3) is 0 Å². The fraction of sp³-hybridized carbons (Fsp3) is 0.500. The van der Waals surface area contributed by atoms with E-state index in [0.29, 0.717) is 18.3 Å². The molecule has 0 fully saturated rings. The lowest BCUT2D eigenvalue weighted by Gasteiger charge is -2.03. The molecule has 0 atom stereocenters. The van der Waals surface area contributed by atoms with E-state index < -0.39 is 0 Å². The van der Waals surface area contributed by atoms with E-state index in [-0.39, 0.29) is 0 Å². The summed E-state index contributed by atoms with van der Waals surface area (Å²) < 4.78 is 5.30. The number of anilines is 1. The minimum atomic E-state index is 0.541. The van der Waals surface area contributed by atoms with Gasteiger partial charge in [0.2, 0.25) is 5.88 Å². The normalized spacial score (nSPS) is 9.53. The van der Waals surface area contributed by atoms with Crippen LogP contribution < -0.4 is 10.2 Å². The Bertz CT molecular complexity index is 317. The van der Waals surface area contributed by atoms with Crippen molar-refractivity contribution in [2.75, 3.05) is 12.0 Å². The highest BCUT2D eigenvalue weighted by Crippen LogP contribution is 2.08. The number of nitrogens with zero attached hydrogens (tertiary/aromatic N) is 3. The second kappa shape index (κ2) is 5.95. The zero-order valence-corrected chi connectivity index (χ0v) is 9.32. The number of hydrogen-bond acceptors (Lipinski definition) is 5. The van der Waals surface area contributed by atoms with Crippen LogP contribution in [0.2, 0.25) is 0 Å². The van der Waals surface area contributed by atoms with E-state index in [1.54, 1.807) is 12.1 Å². The van der Waals surface area contributed by atoms with Gasteiger partial charge in [-0.1, -0.05) is 6.92 Å². The van der Waals surface area contributed by atoms with Crippen molar-refractivity contribution in [3.05, 3.63) is 12.1 Å². The summed E-state index contributed by atoms with van der Waals surface area (Å²) in [7, 11) is 0. The van der Waals surface area contributed by atoms with Gasteiger partial charge in [-0.2, -0.15) is 5.10 Å². The topological polar surface area (TPSA) is 59.4 Å². The molecule has 0 bridgehead atoms. The average molecular weight is 208 g/mol. The van der Waals surface area contributed by atoms with Crippen LogP contribution in [0.1, 0.15) is 27.2 Å². The molecule has 0 unspecified atom stereocenters. The molecule has 0 saturated carbocycles. The SMILES string of the molecule is CCCOc1ccc(NN=C(C)C)nn1. The molecule has 0 saturated heterocycles. The molecule has 1 aromatic rings. The lowest BCUT2D eigenvalue weighted by atomic mass is 10.5. The van der Waals surface area contributed by atoms with E-state index >= 15 is 0 Å². The van der Waals surface area contributed by atoms with Gasteiger partial charge in [0.05, 0.1) is 6.61 Å². The molecule has 0 aliphatic heterocycles. The van der Waals surface area contributed by atoms with Gasteiger partial charge >= 0.3 is 0 Å². The van der Waals surface area contributed by atoms with Crippen molar-refractivity contribution in [3.63, 3.8) is 0 Å². The van der Waals surface area contributed by atoms with Crippen LogP contribution in [0.5, 0.6) is 5.88 Å². The van der Waals surface area contributed by atoms with Crippen LogP contribution in [-0.2, 0) is 0 Å². The van der Waals surface area contributed by atoms with Crippen LogP contribution in [0.3, 0.4) is 0 Å².